The number of carbonyl (C=O) groups is 1. The number of benzene rings is 3. The van der Waals surface area contributed by atoms with Crippen molar-refractivity contribution >= 4 is 27.7 Å². The van der Waals surface area contributed by atoms with Crippen LogP contribution in [-0.2, 0) is 4.79 Å². The predicted octanol–water partition coefficient (Wildman–Crippen LogP) is 3.90. The van der Waals surface area contributed by atoms with Crippen LogP contribution in [0.2, 0.25) is 0 Å². The average molecular weight is 390 g/mol. The molecule has 0 radical (unpaired) electrons. The Balaban J connectivity index is 1.28. The van der Waals surface area contributed by atoms with E-state index in [-0.39, 0.29) is 12.5 Å². The summed E-state index contributed by atoms with van der Waals surface area (Å²) in [5, 5.41) is 4.99. The molecule has 4 rings (SSSR count). The fourth-order valence-corrected chi connectivity index (χ4v) is 3.21. The zero-order chi connectivity index (χ0) is 20.1. The minimum Gasteiger partial charge on any atom is -0.493 e. The van der Waals surface area contributed by atoms with E-state index in [0.717, 1.165) is 21.8 Å². The number of H-pyrrole nitrogens is 1. The van der Waals surface area contributed by atoms with E-state index in [1.165, 1.54) is 0 Å². The van der Waals surface area contributed by atoms with Crippen LogP contribution in [-0.4, -0.2) is 37.8 Å². The van der Waals surface area contributed by atoms with Crippen molar-refractivity contribution in [3.8, 4) is 17.2 Å². The van der Waals surface area contributed by atoms with Crippen molar-refractivity contribution in [2.75, 3.05) is 26.9 Å². The highest BCUT2D eigenvalue weighted by atomic mass is 16.5. The first-order valence-corrected chi connectivity index (χ1v) is 9.40. The quantitative estimate of drug-likeness (QED) is 0.448. The molecule has 0 bridgehead atoms. The van der Waals surface area contributed by atoms with E-state index in [9.17, 15) is 4.79 Å². The van der Waals surface area contributed by atoms with Gasteiger partial charge in [-0.05, 0) is 36.4 Å². The number of fused-ring (bicyclic) bond motifs is 3. The van der Waals surface area contributed by atoms with Gasteiger partial charge in [-0.1, -0.05) is 30.3 Å². The summed E-state index contributed by atoms with van der Waals surface area (Å²) in [4.78, 5) is 15.4. The number of ether oxygens (including phenoxy) is 3. The van der Waals surface area contributed by atoms with Crippen LogP contribution in [0.1, 0.15) is 0 Å². The van der Waals surface area contributed by atoms with E-state index in [1.807, 2.05) is 60.7 Å². The third-order valence-corrected chi connectivity index (χ3v) is 4.60. The minimum atomic E-state index is -0.201. The molecule has 0 atom stereocenters. The molecule has 0 fully saturated rings. The maximum atomic E-state index is 12.1. The highest BCUT2D eigenvalue weighted by Crippen LogP contribution is 2.28. The van der Waals surface area contributed by atoms with Crippen molar-refractivity contribution in [3.63, 3.8) is 0 Å². The molecule has 2 N–H and O–H groups in total. The molecule has 0 saturated carbocycles. The van der Waals surface area contributed by atoms with Gasteiger partial charge in [-0.2, -0.15) is 0 Å². The van der Waals surface area contributed by atoms with Gasteiger partial charge in [0, 0.05) is 21.8 Å². The van der Waals surface area contributed by atoms with Crippen molar-refractivity contribution in [3.05, 3.63) is 66.7 Å². The third kappa shape index (κ3) is 4.27. The molecule has 0 aliphatic rings. The van der Waals surface area contributed by atoms with Crippen LogP contribution in [0, 0.1) is 0 Å². The van der Waals surface area contributed by atoms with Gasteiger partial charge in [-0.15, -0.1) is 0 Å². The summed E-state index contributed by atoms with van der Waals surface area (Å²) in [6.45, 7) is 0.664. The molecule has 148 valence electrons. The molecule has 0 saturated heterocycles. The number of aromatic nitrogens is 1. The van der Waals surface area contributed by atoms with Crippen molar-refractivity contribution < 1.29 is 19.0 Å². The number of para-hydroxylation sites is 3. The number of carbonyl (C=O) groups excluding carboxylic acids is 1. The van der Waals surface area contributed by atoms with Crippen LogP contribution in [0.3, 0.4) is 0 Å². The van der Waals surface area contributed by atoms with E-state index in [0.29, 0.717) is 30.4 Å². The maximum Gasteiger partial charge on any atom is 0.258 e. The average Bonchev–Trinajstić information content (AvgIpc) is 3.13. The third-order valence-electron chi connectivity index (χ3n) is 4.60. The summed E-state index contributed by atoms with van der Waals surface area (Å²) < 4.78 is 16.5. The van der Waals surface area contributed by atoms with Gasteiger partial charge in [-0.25, -0.2) is 0 Å². The van der Waals surface area contributed by atoms with E-state index >= 15 is 0 Å². The Morgan fingerprint density at radius 1 is 0.897 bits per heavy atom. The van der Waals surface area contributed by atoms with Gasteiger partial charge in [-0.3, -0.25) is 4.79 Å². The molecule has 0 spiro atoms. The monoisotopic (exact) mass is 390 g/mol. The molecular formula is C23H22N2O4. The lowest BCUT2D eigenvalue weighted by Crippen LogP contribution is -2.32. The fourth-order valence-electron chi connectivity index (χ4n) is 3.21. The fraction of sp³-hybridized carbons (Fsp3) is 0.174. The van der Waals surface area contributed by atoms with Crippen LogP contribution in [0.4, 0.5) is 0 Å². The molecule has 29 heavy (non-hydrogen) atoms. The summed E-state index contributed by atoms with van der Waals surface area (Å²) in [5.74, 6) is 1.76. The number of nitrogens with one attached hydrogen (secondary N) is 2. The minimum absolute atomic E-state index is 0.0531. The largest absolute Gasteiger partial charge is 0.493 e. The zero-order valence-corrected chi connectivity index (χ0v) is 16.1. The van der Waals surface area contributed by atoms with Crippen molar-refractivity contribution in [2.24, 2.45) is 0 Å². The molecule has 1 heterocycles. The number of hydrogen-bond acceptors (Lipinski definition) is 4. The van der Waals surface area contributed by atoms with Gasteiger partial charge < -0.3 is 24.5 Å². The smallest absolute Gasteiger partial charge is 0.258 e. The zero-order valence-electron chi connectivity index (χ0n) is 16.1. The number of methoxy groups -OCH3 is 1. The lowest BCUT2D eigenvalue weighted by Gasteiger charge is -2.11. The first-order chi connectivity index (χ1) is 14.2. The van der Waals surface area contributed by atoms with Crippen LogP contribution in [0.25, 0.3) is 21.8 Å². The molecule has 3 aromatic carbocycles. The van der Waals surface area contributed by atoms with Gasteiger partial charge in [0.1, 0.15) is 12.4 Å². The van der Waals surface area contributed by atoms with Crippen molar-refractivity contribution in [1.82, 2.24) is 10.3 Å². The van der Waals surface area contributed by atoms with Crippen molar-refractivity contribution in [1.29, 1.82) is 0 Å². The van der Waals surface area contributed by atoms with Gasteiger partial charge >= 0.3 is 0 Å². The Morgan fingerprint density at radius 2 is 1.66 bits per heavy atom. The Bertz CT molecular complexity index is 1140. The Labute approximate surface area is 168 Å². The lowest BCUT2D eigenvalue weighted by atomic mass is 10.1. The highest BCUT2D eigenvalue weighted by molar-refractivity contribution is 6.07. The molecule has 0 unspecified atom stereocenters. The molecule has 4 aromatic rings. The number of amides is 1. The van der Waals surface area contributed by atoms with E-state index in [4.69, 9.17) is 14.2 Å². The van der Waals surface area contributed by atoms with Crippen molar-refractivity contribution in [2.45, 2.75) is 0 Å². The van der Waals surface area contributed by atoms with Gasteiger partial charge in [0.2, 0.25) is 0 Å². The number of rotatable bonds is 8. The second-order valence-electron chi connectivity index (χ2n) is 6.52. The molecule has 6 nitrogen and oxygen atoms in total. The Kier molecular flexibility index (Phi) is 5.52. The van der Waals surface area contributed by atoms with Gasteiger partial charge in [0.15, 0.2) is 18.1 Å². The predicted molar refractivity (Wildman–Crippen MR) is 113 cm³/mol. The summed E-state index contributed by atoms with van der Waals surface area (Å²) in [6, 6.07) is 21.3. The second-order valence-corrected chi connectivity index (χ2v) is 6.52. The summed E-state index contributed by atoms with van der Waals surface area (Å²) in [5.41, 5.74) is 2.11. The topological polar surface area (TPSA) is 72.6 Å². The first-order valence-electron chi connectivity index (χ1n) is 9.40. The van der Waals surface area contributed by atoms with E-state index < -0.39 is 0 Å². The normalized spacial score (nSPS) is 10.8. The second kappa shape index (κ2) is 8.56. The lowest BCUT2D eigenvalue weighted by molar-refractivity contribution is -0.123. The van der Waals surface area contributed by atoms with E-state index in [1.54, 1.807) is 7.11 Å². The first kappa shape index (κ1) is 18.7. The van der Waals surface area contributed by atoms with E-state index in [2.05, 4.69) is 16.4 Å². The van der Waals surface area contributed by atoms with Crippen LogP contribution >= 0.6 is 0 Å². The van der Waals surface area contributed by atoms with Crippen LogP contribution in [0.5, 0.6) is 17.2 Å². The molecule has 0 aliphatic carbocycles. The maximum absolute atomic E-state index is 12.1. The number of hydrogen-bond donors (Lipinski definition) is 2. The molecule has 1 amide bonds. The SMILES string of the molecule is COc1ccccc1OCCNC(=O)COc1ccc2[nH]c3ccccc3c2c1. The standard InChI is InChI=1S/C23H22N2O4/c1-27-21-8-4-5-9-22(21)28-13-12-24-23(26)15-29-16-10-11-20-18(14-16)17-6-2-3-7-19(17)25-20/h2-11,14,25H,12-13,15H2,1H3,(H,24,26). The summed E-state index contributed by atoms with van der Waals surface area (Å²) >= 11 is 0. The molecule has 6 heteroatoms. The number of aromatic amines is 1. The highest BCUT2D eigenvalue weighted by Gasteiger charge is 2.07. The van der Waals surface area contributed by atoms with Crippen LogP contribution < -0.4 is 19.5 Å². The van der Waals surface area contributed by atoms with Crippen LogP contribution in [0.15, 0.2) is 66.7 Å². The molecule has 0 aliphatic heterocycles. The van der Waals surface area contributed by atoms with Gasteiger partial charge in [0.05, 0.1) is 13.7 Å². The van der Waals surface area contributed by atoms with Gasteiger partial charge in [0.25, 0.3) is 5.91 Å². The Hall–Kier alpha value is -3.67. The summed E-state index contributed by atoms with van der Waals surface area (Å²) in [6.07, 6.45) is 0. The summed E-state index contributed by atoms with van der Waals surface area (Å²) in [7, 11) is 1.59. The Morgan fingerprint density at radius 3 is 2.52 bits per heavy atom. The molecule has 1 aromatic heterocycles. The molecular weight excluding hydrogens is 368 g/mol.